The lowest BCUT2D eigenvalue weighted by atomic mass is 10.2. The first-order chi connectivity index (χ1) is 10.2. The molecule has 0 fully saturated rings. The highest BCUT2D eigenvalue weighted by atomic mass is 35.5. The van der Waals surface area contributed by atoms with Gasteiger partial charge >= 0.3 is 0 Å². The Balaban J connectivity index is 1.95. The monoisotopic (exact) mass is 301 g/mol. The quantitative estimate of drug-likeness (QED) is 0.747. The van der Waals surface area contributed by atoms with Crippen LogP contribution in [0.2, 0.25) is 5.02 Å². The van der Waals surface area contributed by atoms with Crippen LogP contribution in [-0.2, 0) is 0 Å². The fourth-order valence-electron chi connectivity index (χ4n) is 1.93. The highest BCUT2D eigenvalue weighted by Crippen LogP contribution is 2.27. The Hall–Kier alpha value is -2.53. The molecule has 5 nitrogen and oxygen atoms in total. The molecule has 0 saturated carbocycles. The molecular weight excluding hydrogens is 290 g/mol. The summed E-state index contributed by atoms with van der Waals surface area (Å²) in [6, 6.07) is 12.5. The molecule has 3 rings (SSSR count). The van der Waals surface area contributed by atoms with Crippen LogP contribution in [0.3, 0.4) is 0 Å². The number of benzene rings is 2. The molecule has 0 spiro atoms. The molecule has 1 heterocycles. The molecule has 1 aromatic heterocycles. The molecule has 0 aliphatic rings. The minimum atomic E-state index is 0.370. The van der Waals surface area contributed by atoms with Crippen molar-refractivity contribution < 1.29 is 9.26 Å². The van der Waals surface area contributed by atoms with Crippen molar-refractivity contribution in [1.82, 2.24) is 10.1 Å². The highest BCUT2D eigenvalue weighted by molar-refractivity contribution is 6.31. The molecule has 0 unspecified atom stereocenters. The maximum Gasteiger partial charge on any atom is 0.258 e. The van der Waals surface area contributed by atoms with E-state index in [9.17, 15) is 0 Å². The van der Waals surface area contributed by atoms with Crippen LogP contribution >= 0.6 is 11.6 Å². The molecule has 0 radical (unpaired) electrons. The van der Waals surface area contributed by atoms with Gasteiger partial charge in [-0.1, -0.05) is 16.8 Å². The molecule has 2 aromatic carbocycles. The number of anilines is 1. The second kappa shape index (κ2) is 5.46. The van der Waals surface area contributed by atoms with Crippen molar-refractivity contribution in [3.05, 3.63) is 47.5 Å². The lowest BCUT2D eigenvalue weighted by Crippen LogP contribution is -1.87. The number of hydrogen-bond donors (Lipinski definition) is 1. The summed E-state index contributed by atoms with van der Waals surface area (Å²) in [7, 11) is 1.62. The molecule has 21 heavy (non-hydrogen) atoms. The average molecular weight is 302 g/mol. The SMILES string of the molecule is COc1ccc(-c2noc(-c3cc(N)cc(Cl)c3)n2)cc1. The van der Waals surface area contributed by atoms with Gasteiger partial charge in [0.05, 0.1) is 7.11 Å². The number of methoxy groups -OCH3 is 1. The molecule has 0 bridgehead atoms. The summed E-state index contributed by atoms with van der Waals surface area (Å²) in [6.07, 6.45) is 0. The number of nitrogens with two attached hydrogens (primary N) is 1. The summed E-state index contributed by atoms with van der Waals surface area (Å²) in [4.78, 5) is 4.36. The standard InChI is InChI=1S/C15H12ClN3O2/c1-20-13-4-2-9(3-5-13)14-18-15(21-19-14)10-6-11(16)8-12(17)7-10/h2-8H,17H2,1H3. The minimum absolute atomic E-state index is 0.370. The maximum absolute atomic E-state index is 5.97. The van der Waals surface area contributed by atoms with Crippen molar-refractivity contribution in [2.45, 2.75) is 0 Å². The van der Waals surface area contributed by atoms with E-state index in [1.54, 1.807) is 25.3 Å². The van der Waals surface area contributed by atoms with Gasteiger partial charge in [-0.15, -0.1) is 0 Å². The number of rotatable bonds is 3. The number of ether oxygens (including phenoxy) is 1. The Kier molecular flexibility index (Phi) is 3.50. The zero-order valence-corrected chi connectivity index (χ0v) is 12.0. The zero-order chi connectivity index (χ0) is 14.8. The lowest BCUT2D eigenvalue weighted by molar-refractivity contribution is 0.415. The molecule has 0 aliphatic heterocycles. The van der Waals surface area contributed by atoms with Crippen molar-refractivity contribution in [2.24, 2.45) is 0 Å². The topological polar surface area (TPSA) is 74.2 Å². The van der Waals surface area contributed by atoms with E-state index in [4.69, 9.17) is 26.6 Å². The van der Waals surface area contributed by atoms with E-state index in [2.05, 4.69) is 10.1 Å². The third kappa shape index (κ3) is 2.83. The van der Waals surface area contributed by atoms with Crippen LogP contribution in [0.25, 0.3) is 22.8 Å². The van der Waals surface area contributed by atoms with Crippen molar-refractivity contribution in [3.8, 4) is 28.6 Å². The van der Waals surface area contributed by atoms with E-state index in [1.165, 1.54) is 0 Å². The van der Waals surface area contributed by atoms with E-state index in [1.807, 2.05) is 24.3 Å². The number of hydrogen-bond acceptors (Lipinski definition) is 5. The lowest BCUT2D eigenvalue weighted by Gasteiger charge is -1.99. The van der Waals surface area contributed by atoms with Crippen LogP contribution in [-0.4, -0.2) is 17.3 Å². The Morgan fingerprint density at radius 1 is 1.10 bits per heavy atom. The van der Waals surface area contributed by atoms with Crippen LogP contribution in [0.1, 0.15) is 0 Å². The van der Waals surface area contributed by atoms with Gasteiger partial charge in [0.2, 0.25) is 5.82 Å². The normalized spacial score (nSPS) is 10.6. The van der Waals surface area contributed by atoms with Crippen molar-refractivity contribution in [2.75, 3.05) is 12.8 Å². The fourth-order valence-corrected chi connectivity index (χ4v) is 2.18. The van der Waals surface area contributed by atoms with Crippen LogP contribution in [0.4, 0.5) is 5.69 Å². The highest BCUT2D eigenvalue weighted by Gasteiger charge is 2.11. The third-order valence-electron chi connectivity index (χ3n) is 2.94. The van der Waals surface area contributed by atoms with Gasteiger partial charge in [0.25, 0.3) is 5.89 Å². The van der Waals surface area contributed by atoms with Crippen LogP contribution in [0.5, 0.6) is 5.75 Å². The van der Waals surface area contributed by atoms with Gasteiger partial charge < -0.3 is 15.0 Å². The largest absolute Gasteiger partial charge is 0.497 e. The second-order valence-electron chi connectivity index (χ2n) is 4.42. The van der Waals surface area contributed by atoms with Gasteiger partial charge in [0.15, 0.2) is 0 Å². The minimum Gasteiger partial charge on any atom is -0.497 e. The average Bonchev–Trinajstić information content (AvgIpc) is 2.96. The predicted molar refractivity (Wildman–Crippen MR) is 81.1 cm³/mol. The third-order valence-corrected chi connectivity index (χ3v) is 3.16. The first kappa shape index (κ1) is 13.5. The van der Waals surface area contributed by atoms with E-state index < -0.39 is 0 Å². The first-order valence-corrected chi connectivity index (χ1v) is 6.58. The van der Waals surface area contributed by atoms with Crippen LogP contribution < -0.4 is 10.5 Å². The summed E-state index contributed by atoms with van der Waals surface area (Å²) in [5.74, 6) is 1.63. The van der Waals surface area contributed by atoms with Gasteiger partial charge in [-0.05, 0) is 42.5 Å². The van der Waals surface area contributed by atoms with Crippen LogP contribution in [0.15, 0.2) is 47.0 Å². The Labute approximate surface area is 126 Å². The van der Waals surface area contributed by atoms with Gasteiger partial charge in [-0.25, -0.2) is 0 Å². The molecule has 0 atom stereocenters. The van der Waals surface area contributed by atoms with E-state index >= 15 is 0 Å². The Morgan fingerprint density at radius 3 is 2.52 bits per heavy atom. The van der Waals surface area contributed by atoms with Gasteiger partial charge in [-0.3, -0.25) is 0 Å². The summed E-state index contributed by atoms with van der Waals surface area (Å²) in [5, 5.41) is 4.49. The predicted octanol–water partition coefficient (Wildman–Crippen LogP) is 3.65. The summed E-state index contributed by atoms with van der Waals surface area (Å²) in [5.41, 5.74) is 7.82. The van der Waals surface area contributed by atoms with Crippen molar-refractivity contribution in [3.63, 3.8) is 0 Å². The van der Waals surface area contributed by atoms with Gasteiger partial charge in [0.1, 0.15) is 5.75 Å². The Morgan fingerprint density at radius 2 is 1.86 bits per heavy atom. The number of nitrogens with zero attached hydrogens (tertiary/aromatic N) is 2. The molecule has 0 saturated heterocycles. The molecule has 0 aliphatic carbocycles. The summed E-state index contributed by atoms with van der Waals surface area (Å²) < 4.78 is 10.4. The smallest absolute Gasteiger partial charge is 0.258 e. The molecule has 2 N–H and O–H groups in total. The van der Waals surface area contributed by atoms with E-state index in [0.29, 0.717) is 28.0 Å². The summed E-state index contributed by atoms with van der Waals surface area (Å²) in [6.45, 7) is 0. The number of nitrogen functional groups attached to an aromatic ring is 1. The first-order valence-electron chi connectivity index (χ1n) is 6.20. The van der Waals surface area contributed by atoms with E-state index in [0.717, 1.165) is 11.3 Å². The maximum atomic E-state index is 5.97. The number of halogens is 1. The van der Waals surface area contributed by atoms with Gasteiger partial charge in [0, 0.05) is 21.8 Å². The molecule has 106 valence electrons. The molecular formula is C15H12ClN3O2. The fraction of sp³-hybridized carbons (Fsp3) is 0.0667. The van der Waals surface area contributed by atoms with Crippen LogP contribution in [0, 0.1) is 0 Å². The molecule has 6 heteroatoms. The zero-order valence-electron chi connectivity index (χ0n) is 11.2. The van der Waals surface area contributed by atoms with E-state index in [-0.39, 0.29) is 0 Å². The van der Waals surface area contributed by atoms with Crippen molar-refractivity contribution >= 4 is 17.3 Å². The summed E-state index contributed by atoms with van der Waals surface area (Å²) >= 11 is 5.97. The van der Waals surface area contributed by atoms with Crippen molar-refractivity contribution in [1.29, 1.82) is 0 Å². The molecule has 3 aromatic rings. The Bertz CT molecular complexity index is 749. The van der Waals surface area contributed by atoms with Gasteiger partial charge in [-0.2, -0.15) is 4.98 Å². The number of aromatic nitrogens is 2. The second-order valence-corrected chi connectivity index (χ2v) is 4.86. The molecule has 0 amide bonds.